The van der Waals surface area contributed by atoms with Gasteiger partial charge in [-0.15, -0.1) is 0 Å². The Bertz CT molecular complexity index is 391. The number of hydrogen-bond donors (Lipinski definition) is 1. The summed E-state index contributed by atoms with van der Waals surface area (Å²) in [5.74, 6) is -0.954. The molecule has 0 aromatic carbocycles. The summed E-state index contributed by atoms with van der Waals surface area (Å²) in [4.78, 5) is 25.5. The fraction of sp³-hybridized carbons (Fsp3) is 0.867. The summed E-state index contributed by atoms with van der Waals surface area (Å²) in [6.45, 7) is 0.814. The van der Waals surface area contributed by atoms with Crippen LogP contribution >= 0.6 is 0 Å². The second-order valence-electron chi connectivity index (χ2n) is 6.31. The zero-order valence-corrected chi connectivity index (χ0v) is 11.8. The molecule has 20 heavy (non-hydrogen) atoms. The highest BCUT2D eigenvalue weighted by molar-refractivity contribution is 5.80. The van der Waals surface area contributed by atoms with Crippen molar-refractivity contribution in [3.05, 3.63) is 0 Å². The van der Waals surface area contributed by atoms with Gasteiger partial charge in [0.1, 0.15) is 0 Å². The minimum Gasteiger partial charge on any atom is -0.481 e. The average molecular weight is 281 g/mol. The van der Waals surface area contributed by atoms with Crippen molar-refractivity contribution in [1.29, 1.82) is 0 Å². The summed E-state index contributed by atoms with van der Waals surface area (Å²) < 4.78 is 5.65. The highest BCUT2D eigenvalue weighted by Crippen LogP contribution is 2.42. The van der Waals surface area contributed by atoms with Crippen molar-refractivity contribution in [2.45, 2.75) is 69.6 Å². The molecule has 1 N–H and O–H groups in total. The molecule has 2 bridgehead atoms. The molecule has 3 aliphatic rings. The van der Waals surface area contributed by atoms with Gasteiger partial charge in [0.15, 0.2) is 0 Å². The quantitative estimate of drug-likeness (QED) is 0.853. The first-order chi connectivity index (χ1) is 9.66. The third kappa shape index (κ3) is 2.55. The van der Waals surface area contributed by atoms with Crippen LogP contribution in [0, 0.1) is 5.92 Å². The molecule has 0 aromatic heterocycles. The van der Waals surface area contributed by atoms with E-state index in [-0.39, 0.29) is 30.0 Å². The Balaban J connectivity index is 1.54. The van der Waals surface area contributed by atoms with Gasteiger partial charge in [-0.05, 0) is 44.9 Å². The molecular formula is C15H23NO4. The number of carbonyl (C=O) groups is 2. The van der Waals surface area contributed by atoms with Gasteiger partial charge in [-0.2, -0.15) is 0 Å². The lowest BCUT2D eigenvalue weighted by Gasteiger charge is -2.26. The molecule has 0 radical (unpaired) electrons. The van der Waals surface area contributed by atoms with E-state index in [1.54, 1.807) is 0 Å². The van der Waals surface area contributed by atoms with Crippen LogP contribution in [0.15, 0.2) is 0 Å². The summed E-state index contributed by atoms with van der Waals surface area (Å²) in [6.07, 6.45) is 7.35. The smallest absolute Gasteiger partial charge is 0.308 e. The number of carboxylic acids is 1. The standard InChI is InChI=1S/C15H23NO4/c17-14(7-5-11-3-1-2-8-20-11)16-10-4-6-13(16)12(9-10)15(18)19/h10-13H,1-9H2,(H,18,19). The van der Waals surface area contributed by atoms with Gasteiger partial charge in [-0.3, -0.25) is 9.59 Å². The Morgan fingerprint density at radius 3 is 2.70 bits per heavy atom. The highest BCUT2D eigenvalue weighted by atomic mass is 16.5. The SMILES string of the molecule is O=C(O)C1CC2CCC1N2C(=O)CCC1CCCCO1. The zero-order valence-electron chi connectivity index (χ0n) is 11.8. The molecule has 3 rings (SSSR count). The maximum atomic E-state index is 12.4. The maximum Gasteiger partial charge on any atom is 0.308 e. The van der Waals surface area contributed by atoms with Crippen LogP contribution in [0.4, 0.5) is 0 Å². The van der Waals surface area contributed by atoms with E-state index in [0.717, 1.165) is 38.7 Å². The van der Waals surface area contributed by atoms with Crippen LogP contribution in [0.2, 0.25) is 0 Å². The van der Waals surface area contributed by atoms with E-state index in [0.29, 0.717) is 12.8 Å². The third-order valence-electron chi connectivity index (χ3n) is 5.10. The molecule has 3 aliphatic heterocycles. The third-order valence-corrected chi connectivity index (χ3v) is 5.10. The highest BCUT2D eigenvalue weighted by Gasteiger charge is 2.50. The summed E-state index contributed by atoms with van der Waals surface area (Å²) >= 11 is 0. The Morgan fingerprint density at radius 2 is 2.05 bits per heavy atom. The molecule has 3 fully saturated rings. The predicted molar refractivity (Wildman–Crippen MR) is 72.2 cm³/mol. The van der Waals surface area contributed by atoms with Crippen LogP contribution in [0.5, 0.6) is 0 Å². The normalized spacial score (nSPS) is 36.3. The van der Waals surface area contributed by atoms with E-state index in [2.05, 4.69) is 0 Å². The summed E-state index contributed by atoms with van der Waals surface area (Å²) in [6, 6.07) is 0.109. The lowest BCUT2D eigenvalue weighted by molar-refractivity contribution is -0.143. The van der Waals surface area contributed by atoms with Gasteiger partial charge in [0.25, 0.3) is 0 Å². The Morgan fingerprint density at radius 1 is 1.20 bits per heavy atom. The van der Waals surface area contributed by atoms with Crippen molar-refractivity contribution < 1.29 is 19.4 Å². The van der Waals surface area contributed by atoms with E-state index in [1.807, 2.05) is 4.90 Å². The largest absolute Gasteiger partial charge is 0.481 e. The van der Waals surface area contributed by atoms with Crippen LogP contribution in [0.25, 0.3) is 0 Å². The number of nitrogens with zero attached hydrogens (tertiary/aromatic N) is 1. The first-order valence-corrected chi connectivity index (χ1v) is 7.82. The van der Waals surface area contributed by atoms with Crippen molar-refractivity contribution in [1.82, 2.24) is 4.90 Å². The lowest BCUT2D eigenvalue weighted by atomic mass is 9.89. The molecule has 0 spiro atoms. The monoisotopic (exact) mass is 281 g/mol. The zero-order chi connectivity index (χ0) is 14.1. The second-order valence-corrected chi connectivity index (χ2v) is 6.31. The summed E-state index contributed by atoms with van der Waals surface area (Å²) in [5, 5.41) is 9.21. The van der Waals surface area contributed by atoms with Crippen molar-refractivity contribution >= 4 is 11.9 Å². The maximum absolute atomic E-state index is 12.4. The number of aliphatic carboxylic acids is 1. The molecule has 4 unspecified atom stereocenters. The van der Waals surface area contributed by atoms with Crippen molar-refractivity contribution in [3.63, 3.8) is 0 Å². The van der Waals surface area contributed by atoms with Gasteiger partial charge < -0.3 is 14.7 Å². The molecule has 3 saturated heterocycles. The number of hydrogen-bond acceptors (Lipinski definition) is 3. The molecule has 0 saturated carbocycles. The molecule has 0 aromatic rings. The fourth-order valence-corrected chi connectivity index (χ4v) is 4.09. The minimum atomic E-state index is -0.745. The van der Waals surface area contributed by atoms with Gasteiger partial charge in [0, 0.05) is 25.1 Å². The molecule has 5 nitrogen and oxygen atoms in total. The number of fused-ring (bicyclic) bond motifs is 2. The Labute approximate surface area is 119 Å². The first kappa shape index (κ1) is 13.9. The van der Waals surface area contributed by atoms with Crippen LogP contribution in [0.3, 0.4) is 0 Å². The van der Waals surface area contributed by atoms with Crippen molar-refractivity contribution in [2.75, 3.05) is 6.61 Å². The van der Waals surface area contributed by atoms with Crippen LogP contribution < -0.4 is 0 Å². The average Bonchev–Trinajstić information content (AvgIpc) is 3.03. The molecule has 3 heterocycles. The van der Waals surface area contributed by atoms with Gasteiger partial charge in [-0.1, -0.05) is 0 Å². The fourth-order valence-electron chi connectivity index (χ4n) is 4.09. The first-order valence-electron chi connectivity index (χ1n) is 7.82. The van der Waals surface area contributed by atoms with Gasteiger partial charge in [-0.25, -0.2) is 0 Å². The molecule has 5 heteroatoms. The number of carboxylic acid groups (broad SMARTS) is 1. The summed E-state index contributed by atoms with van der Waals surface area (Å²) in [7, 11) is 0. The molecule has 4 atom stereocenters. The number of carbonyl (C=O) groups excluding carboxylic acids is 1. The molecule has 0 aliphatic carbocycles. The molecule has 112 valence electrons. The van der Waals surface area contributed by atoms with E-state index in [9.17, 15) is 14.7 Å². The van der Waals surface area contributed by atoms with E-state index in [4.69, 9.17) is 4.74 Å². The lowest BCUT2D eigenvalue weighted by Crippen LogP contribution is -2.38. The van der Waals surface area contributed by atoms with E-state index < -0.39 is 5.97 Å². The van der Waals surface area contributed by atoms with Gasteiger partial charge in [0.05, 0.1) is 12.0 Å². The van der Waals surface area contributed by atoms with Crippen molar-refractivity contribution in [3.8, 4) is 0 Å². The summed E-state index contributed by atoms with van der Waals surface area (Å²) in [5.41, 5.74) is 0. The van der Waals surface area contributed by atoms with Gasteiger partial charge in [0.2, 0.25) is 5.91 Å². The number of ether oxygens (including phenoxy) is 1. The Hall–Kier alpha value is -1.10. The van der Waals surface area contributed by atoms with Crippen LogP contribution in [0.1, 0.15) is 51.4 Å². The van der Waals surface area contributed by atoms with Crippen LogP contribution in [-0.2, 0) is 14.3 Å². The molecule has 1 amide bonds. The topological polar surface area (TPSA) is 66.8 Å². The number of rotatable bonds is 4. The number of amides is 1. The van der Waals surface area contributed by atoms with Crippen molar-refractivity contribution in [2.24, 2.45) is 5.92 Å². The predicted octanol–water partition coefficient (Wildman–Crippen LogP) is 1.80. The van der Waals surface area contributed by atoms with Gasteiger partial charge >= 0.3 is 5.97 Å². The Kier molecular flexibility index (Phi) is 3.96. The second kappa shape index (κ2) is 5.72. The molecular weight excluding hydrogens is 258 g/mol. The van der Waals surface area contributed by atoms with E-state index >= 15 is 0 Å². The minimum absolute atomic E-state index is 0.0581. The van der Waals surface area contributed by atoms with Crippen LogP contribution in [-0.4, -0.2) is 46.7 Å². The van der Waals surface area contributed by atoms with E-state index in [1.165, 1.54) is 6.42 Å².